The van der Waals surface area contributed by atoms with Crippen LogP contribution in [0.1, 0.15) is 25.5 Å². The van der Waals surface area contributed by atoms with Gasteiger partial charge in [-0.1, -0.05) is 42.5 Å². The second-order valence-electron chi connectivity index (χ2n) is 7.19. The minimum Gasteiger partial charge on any atom is -0.489 e. The van der Waals surface area contributed by atoms with E-state index < -0.39 is 12.0 Å². The van der Waals surface area contributed by atoms with Crippen LogP contribution < -0.4 is 19.9 Å². The minimum absolute atomic E-state index is 0.0109. The molecule has 8 nitrogen and oxygen atoms in total. The second kappa shape index (κ2) is 10.6. The molecular weight excluding hydrogens is 398 g/mol. The molecule has 0 fully saturated rings. The highest BCUT2D eigenvalue weighted by atomic mass is 16.5. The number of rotatable bonds is 7. The fourth-order valence-corrected chi connectivity index (χ4v) is 3.58. The van der Waals surface area contributed by atoms with Crippen molar-refractivity contribution in [2.45, 2.75) is 19.9 Å². The molecule has 0 saturated heterocycles. The lowest BCUT2D eigenvalue weighted by molar-refractivity contribution is -0.881. The summed E-state index contributed by atoms with van der Waals surface area (Å²) in [7, 11) is 0. The number of para-hydroxylation sites is 2. The third-order valence-electron chi connectivity index (χ3n) is 5.11. The van der Waals surface area contributed by atoms with Gasteiger partial charge in [0.15, 0.2) is 13.1 Å². The quantitative estimate of drug-likeness (QED) is 0.697. The maximum atomic E-state index is 13.4. The van der Waals surface area contributed by atoms with Crippen molar-refractivity contribution in [1.82, 2.24) is 5.32 Å². The molecular formula is C23H28N3O5+. The highest BCUT2D eigenvalue weighted by Crippen LogP contribution is 2.39. The predicted octanol–water partition coefficient (Wildman–Crippen LogP) is 1.33. The van der Waals surface area contributed by atoms with Crippen LogP contribution in [0.4, 0.5) is 10.5 Å². The number of quaternary nitrogens is 1. The molecule has 2 atom stereocenters. The van der Waals surface area contributed by atoms with E-state index in [1.54, 1.807) is 11.8 Å². The highest BCUT2D eigenvalue weighted by molar-refractivity contribution is 5.97. The number of nitrogens with zero attached hydrogens (tertiary/aromatic N) is 1. The number of amides is 3. The van der Waals surface area contributed by atoms with E-state index in [4.69, 9.17) is 9.47 Å². The van der Waals surface area contributed by atoms with Crippen molar-refractivity contribution < 1.29 is 28.8 Å². The van der Waals surface area contributed by atoms with E-state index in [0.717, 1.165) is 10.5 Å². The Labute approximate surface area is 181 Å². The average molecular weight is 426 g/mol. The molecule has 31 heavy (non-hydrogen) atoms. The summed E-state index contributed by atoms with van der Waals surface area (Å²) in [5.41, 5.74) is 1.68. The van der Waals surface area contributed by atoms with Gasteiger partial charge in [-0.25, -0.2) is 4.79 Å². The van der Waals surface area contributed by atoms with Crippen LogP contribution in [0.25, 0.3) is 0 Å². The molecule has 0 spiro atoms. The normalized spacial score (nSPS) is 15.9. The third-order valence-corrected chi connectivity index (χ3v) is 5.11. The summed E-state index contributed by atoms with van der Waals surface area (Å²) in [6, 6.07) is 16.9. The molecule has 0 saturated carbocycles. The second-order valence-corrected chi connectivity index (χ2v) is 7.19. The molecule has 1 aliphatic rings. The molecule has 0 aromatic heterocycles. The van der Waals surface area contributed by atoms with E-state index in [-0.39, 0.29) is 31.6 Å². The van der Waals surface area contributed by atoms with Gasteiger partial charge in [0.2, 0.25) is 0 Å². The number of hydrogen-bond donors (Lipinski definition) is 2. The van der Waals surface area contributed by atoms with Crippen molar-refractivity contribution in [2.24, 2.45) is 0 Å². The number of imide groups is 1. The Morgan fingerprint density at radius 2 is 1.77 bits per heavy atom. The summed E-state index contributed by atoms with van der Waals surface area (Å²) in [4.78, 5) is 39.6. The largest absolute Gasteiger partial charge is 0.489 e. The van der Waals surface area contributed by atoms with E-state index in [9.17, 15) is 14.4 Å². The number of carbonyl (C=O) groups is 3. The molecule has 1 unspecified atom stereocenters. The number of alkyl carbamates (subject to hydrolysis) is 1. The number of carbonyl (C=O) groups excluding carboxylic acids is 3. The Kier molecular flexibility index (Phi) is 7.61. The van der Waals surface area contributed by atoms with Gasteiger partial charge < -0.3 is 14.4 Å². The van der Waals surface area contributed by atoms with Gasteiger partial charge in [-0.15, -0.1) is 0 Å². The fourth-order valence-electron chi connectivity index (χ4n) is 3.58. The third kappa shape index (κ3) is 5.61. The Morgan fingerprint density at radius 3 is 2.48 bits per heavy atom. The lowest BCUT2D eigenvalue weighted by Crippen LogP contribution is -3.14. The molecule has 0 radical (unpaired) electrons. The van der Waals surface area contributed by atoms with Crippen molar-refractivity contribution >= 4 is 23.6 Å². The molecule has 0 bridgehead atoms. The lowest BCUT2D eigenvalue weighted by atomic mass is 10.0. The number of hydrogen-bond acceptors (Lipinski definition) is 5. The Balaban J connectivity index is 1.77. The highest BCUT2D eigenvalue weighted by Gasteiger charge is 2.35. The Hall–Kier alpha value is -3.39. The monoisotopic (exact) mass is 426 g/mol. The standard InChI is InChI=1S/C23H27N3O5/c1-3-25(14-21(27)24-23(29)30-4-2)15-22(28)26-18-12-8-9-13-20(18)31-16-19(26)17-10-6-5-7-11-17/h5-13,19H,3-4,14-16H2,1-2H3,(H,24,27,29)/p+1/t19-/m0/s1. The van der Waals surface area contributed by atoms with Crippen LogP contribution in [0.5, 0.6) is 5.75 Å². The number of likely N-dealkylation sites (N-methyl/N-ethyl adjacent to an activating group) is 1. The number of fused-ring (bicyclic) bond motifs is 1. The molecule has 164 valence electrons. The first kappa shape index (κ1) is 22.3. The fraction of sp³-hybridized carbons (Fsp3) is 0.348. The topological polar surface area (TPSA) is 89.4 Å². The van der Waals surface area contributed by atoms with Crippen LogP contribution in [0, 0.1) is 0 Å². The van der Waals surface area contributed by atoms with Gasteiger partial charge in [0, 0.05) is 0 Å². The Morgan fingerprint density at radius 1 is 1.06 bits per heavy atom. The van der Waals surface area contributed by atoms with Crippen LogP contribution in [0.3, 0.4) is 0 Å². The van der Waals surface area contributed by atoms with Gasteiger partial charge in [0.25, 0.3) is 11.8 Å². The zero-order valence-corrected chi connectivity index (χ0v) is 17.8. The molecule has 2 N–H and O–H groups in total. The van der Waals surface area contributed by atoms with E-state index in [2.05, 4.69) is 5.32 Å². The summed E-state index contributed by atoms with van der Waals surface area (Å²) in [5.74, 6) is 0.0524. The number of benzene rings is 2. The van der Waals surface area contributed by atoms with Gasteiger partial charge in [-0.2, -0.15) is 0 Å². The van der Waals surface area contributed by atoms with Gasteiger partial charge in [-0.3, -0.25) is 19.8 Å². The van der Waals surface area contributed by atoms with E-state index >= 15 is 0 Å². The van der Waals surface area contributed by atoms with Crippen molar-refractivity contribution in [1.29, 1.82) is 0 Å². The molecule has 2 aromatic carbocycles. The van der Waals surface area contributed by atoms with E-state index in [1.165, 1.54) is 0 Å². The van der Waals surface area contributed by atoms with Crippen LogP contribution >= 0.6 is 0 Å². The SMILES string of the molecule is CCOC(=O)NC(=O)C[NH+](CC)CC(=O)N1c2ccccc2OC[C@H]1c1ccccc1. The Bertz CT molecular complexity index is 918. The number of ether oxygens (including phenoxy) is 2. The van der Waals surface area contributed by atoms with Crippen molar-refractivity contribution in [2.75, 3.05) is 37.7 Å². The van der Waals surface area contributed by atoms with Gasteiger partial charge in [0.1, 0.15) is 12.4 Å². The summed E-state index contributed by atoms with van der Waals surface area (Å²) in [5, 5.41) is 2.18. The van der Waals surface area contributed by atoms with E-state index in [1.807, 2.05) is 61.5 Å². The summed E-state index contributed by atoms with van der Waals surface area (Å²) >= 11 is 0. The molecule has 0 aliphatic carbocycles. The smallest absolute Gasteiger partial charge is 0.414 e. The van der Waals surface area contributed by atoms with Crippen LogP contribution in [0.15, 0.2) is 54.6 Å². The van der Waals surface area contributed by atoms with E-state index in [0.29, 0.717) is 24.6 Å². The zero-order chi connectivity index (χ0) is 22.2. The molecule has 3 rings (SSSR count). The summed E-state index contributed by atoms with van der Waals surface area (Å²) < 4.78 is 10.7. The maximum Gasteiger partial charge on any atom is 0.414 e. The van der Waals surface area contributed by atoms with Crippen LogP contribution in [-0.2, 0) is 14.3 Å². The summed E-state index contributed by atoms with van der Waals surface area (Å²) in [6.45, 7) is 4.71. The van der Waals surface area contributed by atoms with Gasteiger partial charge in [-0.05, 0) is 31.5 Å². The predicted molar refractivity (Wildman–Crippen MR) is 115 cm³/mol. The molecule has 1 aliphatic heterocycles. The summed E-state index contributed by atoms with van der Waals surface area (Å²) in [6.07, 6.45) is -0.777. The first-order valence-corrected chi connectivity index (χ1v) is 10.4. The number of anilines is 1. The van der Waals surface area contributed by atoms with Gasteiger partial charge in [0.05, 0.1) is 24.9 Å². The molecule has 3 amide bonds. The molecule has 8 heteroatoms. The average Bonchev–Trinajstić information content (AvgIpc) is 2.78. The van der Waals surface area contributed by atoms with Crippen molar-refractivity contribution in [3.63, 3.8) is 0 Å². The van der Waals surface area contributed by atoms with Crippen molar-refractivity contribution in [3.05, 3.63) is 60.2 Å². The molecule has 2 aromatic rings. The first-order chi connectivity index (χ1) is 15.0. The maximum absolute atomic E-state index is 13.4. The first-order valence-electron chi connectivity index (χ1n) is 10.4. The van der Waals surface area contributed by atoms with Crippen LogP contribution in [-0.4, -0.2) is 50.8 Å². The lowest BCUT2D eigenvalue weighted by Gasteiger charge is -2.37. The minimum atomic E-state index is -0.777. The van der Waals surface area contributed by atoms with Crippen LogP contribution in [0.2, 0.25) is 0 Å². The van der Waals surface area contributed by atoms with Gasteiger partial charge >= 0.3 is 6.09 Å². The zero-order valence-electron chi connectivity index (χ0n) is 17.8. The van der Waals surface area contributed by atoms with Crippen molar-refractivity contribution in [3.8, 4) is 5.75 Å². The number of nitrogens with one attached hydrogen (secondary N) is 2. The molecule has 1 heterocycles.